The van der Waals surface area contributed by atoms with Crippen molar-refractivity contribution in [3.63, 3.8) is 0 Å². The van der Waals surface area contributed by atoms with Crippen LogP contribution in [-0.4, -0.2) is 17.9 Å². The molecule has 0 radical (unpaired) electrons. The quantitative estimate of drug-likeness (QED) is 0.886. The van der Waals surface area contributed by atoms with Crippen molar-refractivity contribution in [1.82, 2.24) is 5.32 Å². The summed E-state index contributed by atoms with van der Waals surface area (Å²) in [5.41, 5.74) is 1.21. The first-order chi connectivity index (χ1) is 11.2. The van der Waals surface area contributed by atoms with Gasteiger partial charge in [-0.2, -0.15) is 0 Å². The molecule has 0 unspecified atom stereocenters. The Morgan fingerprint density at radius 2 is 1.52 bits per heavy atom. The van der Waals surface area contributed by atoms with Gasteiger partial charge in [0.25, 0.3) is 5.91 Å². The van der Waals surface area contributed by atoms with Crippen LogP contribution in [0.4, 0.5) is 5.69 Å². The van der Waals surface area contributed by atoms with Crippen molar-refractivity contribution in [3.05, 3.63) is 29.8 Å². The number of rotatable bonds is 4. The molecule has 2 N–H and O–H groups in total. The lowest BCUT2D eigenvalue weighted by molar-refractivity contribution is -0.119. The van der Waals surface area contributed by atoms with Crippen molar-refractivity contribution in [2.24, 2.45) is 5.92 Å². The number of nitrogens with one attached hydrogen (secondary N) is 2. The number of hydrogen-bond acceptors (Lipinski definition) is 2. The fraction of sp³-hybridized carbons (Fsp3) is 0.579. The average molecular weight is 314 g/mol. The molecule has 2 aliphatic rings. The first-order valence-corrected chi connectivity index (χ1v) is 8.95. The Balaban J connectivity index is 1.66. The standard InChI is InChI=1S/C19H26N2O2/c22-18(14-8-4-5-9-14)21-17-13-7-6-12-16(17)19(23)20-15-10-2-1-3-11-15/h6-7,12-15H,1-5,8-11H2,(H,20,23)(H,21,22). The van der Waals surface area contributed by atoms with E-state index in [-0.39, 0.29) is 23.8 Å². The van der Waals surface area contributed by atoms with Crippen LogP contribution in [0.3, 0.4) is 0 Å². The second kappa shape index (κ2) is 7.62. The van der Waals surface area contributed by atoms with Gasteiger partial charge in [-0.3, -0.25) is 9.59 Å². The summed E-state index contributed by atoms with van der Waals surface area (Å²) in [6, 6.07) is 7.60. The summed E-state index contributed by atoms with van der Waals surface area (Å²) in [6.07, 6.45) is 9.93. The highest BCUT2D eigenvalue weighted by Crippen LogP contribution is 2.27. The lowest BCUT2D eigenvalue weighted by atomic mass is 9.95. The van der Waals surface area contributed by atoms with Crippen molar-refractivity contribution in [2.75, 3.05) is 5.32 Å². The first-order valence-electron chi connectivity index (χ1n) is 8.95. The van der Waals surface area contributed by atoms with Gasteiger partial charge in [-0.25, -0.2) is 0 Å². The minimum atomic E-state index is -0.0702. The highest BCUT2D eigenvalue weighted by molar-refractivity contribution is 6.04. The van der Waals surface area contributed by atoms with Crippen LogP contribution in [0.1, 0.15) is 68.1 Å². The van der Waals surface area contributed by atoms with Gasteiger partial charge in [0.05, 0.1) is 11.3 Å². The predicted octanol–water partition coefficient (Wildman–Crippen LogP) is 3.88. The lowest BCUT2D eigenvalue weighted by Gasteiger charge is -2.23. The molecule has 2 aliphatic carbocycles. The molecule has 2 saturated carbocycles. The monoisotopic (exact) mass is 314 g/mol. The summed E-state index contributed by atoms with van der Waals surface area (Å²) in [6.45, 7) is 0. The highest BCUT2D eigenvalue weighted by atomic mass is 16.2. The van der Waals surface area contributed by atoms with E-state index in [4.69, 9.17) is 0 Å². The summed E-state index contributed by atoms with van der Waals surface area (Å²) in [5, 5.41) is 6.10. The van der Waals surface area contributed by atoms with E-state index in [0.717, 1.165) is 38.5 Å². The second-order valence-electron chi connectivity index (χ2n) is 6.82. The molecule has 0 aromatic heterocycles. The number of carbonyl (C=O) groups is 2. The maximum atomic E-state index is 12.6. The van der Waals surface area contributed by atoms with Crippen molar-refractivity contribution >= 4 is 17.5 Å². The molecular formula is C19H26N2O2. The van der Waals surface area contributed by atoms with Gasteiger partial charge in [-0.1, -0.05) is 44.2 Å². The molecule has 3 rings (SSSR count). The van der Waals surface area contributed by atoms with E-state index in [9.17, 15) is 9.59 Å². The van der Waals surface area contributed by atoms with Crippen LogP contribution in [0.15, 0.2) is 24.3 Å². The number of amides is 2. The zero-order valence-electron chi connectivity index (χ0n) is 13.6. The number of hydrogen-bond donors (Lipinski definition) is 2. The van der Waals surface area contributed by atoms with E-state index in [1.54, 1.807) is 6.07 Å². The van der Waals surface area contributed by atoms with E-state index in [1.165, 1.54) is 19.3 Å². The SMILES string of the molecule is O=C(NC1CCCCC1)c1ccccc1NC(=O)C1CCCC1. The molecule has 0 saturated heterocycles. The number of anilines is 1. The Bertz CT molecular complexity index is 558. The van der Waals surface area contributed by atoms with Crippen LogP contribution >= 0.6 is 0 Å². The summed E-state index contributed by atoms with van der Waals surface area (Å²) in [4.78, 5) is 24.9. The Morgan fingerprint density at radius 1 is 0.870 bits per heavy atom. The van der Waals surface area contributed by atoms with E-state index < -0.39 is 0 Å². The van der Waals surface area contributed by atoms with E-state index in [0.29, 0.717) is 11.3 Å². The maximum Gasteiger partial charge on any atom is 0.253 e. The number of benzene rings is 1. The van der Waals surface area contributed by atoms with Crippen molar-refractivity contribution in [2.45, 2.75) is 63.8 Å². The molecule has 4 heteroatoms. The Morgan fingerprint density at radius 3 is 2.26 bits per heavy atom. The van der Waals surface area contributed by atoms with Crippen LogP contribution in [0, 0.1) is 5.92 Å². The van der Waals surface area contributed by atoms with E-state index in [1.807, 2.05) is 18.2 Å². The normalized spacial score (nSPS) is 19.5. The fourth-order valence-electron chi connectivity index (χ4n) is 3.72. The summed E-state index contributed by atoms with van der Waals surface area (Å²) in [7, 11) is 0. The zero-order chi connectivity index (χ0) is 16.1. The highest BCUT2D eigenvalue weighted by Gasteiger charge is 2.24. The summed E-state index contributed by atoms with van der Waals surface area (Å²) < 4.78 is 0. The van der Waals surface area contributed by atoms with Gasteiger partial charge < -0.3 is 10.6 Å². The molecule has 0 heterocycles. The Labute approximate surface area is 138 Å². The largest absolute Gasteiger partial charge is 0.349 e. The van der Waals surface area contributed by atoms with Crippen LogP contribution in [-0.2, 0) is 4.79 Å². The van der Waals surface area contributed by atoms with Crippen molar-refractivity contribution < 1.29 is 9.59 Å². The first kappa shape index (κ1) is 16.0. The third-order valence-electron chi connectivity index (χ3n) is 5.10. The van der Waals surface area contributed by atoms with Crippen LogP contribution < -0.4 is 10.6 Å². The number of carbonyl (C=O) groups excluding carboxylic acids is 2. The molecule has 0 aliphatic heterocycles. The van der Waals surface area contributed by atoms with Gasteiger partial charge in [-0.05, 0) is 37.8 Å². The second-order valence-corrected chi connectivity index (χ2v) is 6.82. The molecule has 0 bridgehead atoms. The van der Waals surface area contributed by atoms with Crippen molar-refractivity contribution in [3.8, 4) is 0 Å². The minimum absolute atomic E-state index is 0.0559. The Hall–Kier alpha value is -1.84. The van der Waals surface area contributed by atoms with E-state index in [2.05, 4.69) is 10.6 Å². The Kier molecular flexibility index (Phi) is 5.31. The molecule has 0 atom stereocenters. The minimum Gasteiger partial charge on any atom is -0.349 e. The third-order valence-corrected chi connectivity index (χ3v) is 5.10. The smallest absolute Gasteiger partial charge is 0.253 e. The molecule has 23 heavy (non-hydrogen) atoms. The van der Waals surface area contributed by atoms with Gasteiger partial charge in [0.1, 0.15) is 0 Å². The van der Waals surface area contributed by atoms with Gasteiger partial charge in [0.2, 0.25) is 5.91 Å². The number of para-hydroxylation sites is 1. The maximum absolute atomic E-state index is 12.6. The average Bonchev–Trinajstić information content (AvgIpc) is 3.11. The van der Waals surface area contributed by atoms with Gasteiger partial charge in [-0.15, -0.1) is 0 Å². The molecule has 1 aromatic carbocycles. The van der Waals surface area contributed by atoms with Crippen LogP contribution in [0.2, 0.25) is 0 Å². The molecule has 0 spiro atoms. The fourth-order valence-corrected chi connectivity index (χ4v) is 3.72. The van der Waals surface area contributed by atoms with Gasteiger partial charge in [0.15, 0.2) is 0 Å². The topological polar surface area (TPSA) is 58.2 Å². The van der Waals surface area contributed by atoms with E-state index >= 15 is 0 Å². The molecule has 2 fully saturated rings. The molecular weight excluding hydrogens is 288 g/mol. The third kappa shape index (κ3) is 4.12. The van der Waals surface area contributed by atoms with Crippen LogP contribution in [0.5, 0.6) is 0 Å². The van der Waals surface area contributed by atoms with Gasteiger partial charge in [0, 0.05) is 12.0 Å². The molecule has 124 valence electrons. The lowest BCUT2D eigenvalue weighted by Crippen LogP contribution is -2.36. The molecule has 1 aromatic rings. The van der Waals surface area contributed by atoms with Gasteiger partial charge >= 0.3 is 0 Å². The molecule has 2 amide bonds. The summed E-state index contributed by atoms with van der Waals surface area (Å²) in [5.74, 6) is 0.0871. The molecule has 4 nitrogen and oxygen atoms in total. The predicted molar refractivity (Wildman–Crippen MR) is 91.4 cm³/mol. The zero-order valence-corrected chi connectivity index (χ0v) is 13.6. The van der Waals surface area contributed by atoms with Crippen molar-refractivity contribution in [1.29, 1.82) is 0 Å². The van der Waals surface area contributed by atoms with Crippen LogP contribution in [0.25, 0.3) is 0 Å². The summed E-state index contributed by atoms with van der Waals surface area (Å²) >= 11 is 0.